The Balaban J connectivity index is 1.84. The van der Waals surface area contributed by atoms with Gasteiger partial charge in [0.05, 0.1) is 11.7 Å². The molecule has 3 aromatic carbocycles. The van der Waals surface area contributed by atoms with Gasteiger partial charge in [-0.25, -0.2) is 9.26 Å². The van der Waals surface area contributed by atoms with Gasteiger partial charge in [0.2, 0.25) is 0 Å². The summed E-state index contributed by atoms with van der Waals surface area (Å²) >= 11 is 0. The molecule has 0 radical (unpaired) electrons. The first-order valence-corrected chi connectivity index (χ1v) is 12.4. The lowest BCUT2D eigenvalue weighted by Crippen LogP contribution is -2.26. The van der Waals surface area contributed by atoms with E-state index in [0.717, 1.165) is 30.5 Å². The summed E-state index contributed by atoms with van der Waals surface area (Å²) in [6, 6.07) is 23.8. The fraction of sp³-hybridized carbons (Fsp3) is 0.323. The number of hydrogen-bond donors (Lipinski definition) is 0. The van der Waals surface area contributed by atoms with E-state index in [0.29, 0.717) is 11.8 Å². The molecule has 0 N–H and O–H groups in total. The highest BCUT2D eigenvalue weighted by molar-refractivity contribution is 5.92. The van der Waals surface area contributed by atoms with Gasteiger partial charge in [-0.05, 0) is 41.0 Å². The molecule has 34 heavy (non-hydrogen) atoms. The number of hydrogen-bond acceptors (Lipinski definition) is 0. The van der Waals surface area contributed by atoms with E-state index in [-0.39, 0.29) is 0 Å². The second-order valence-corrected chi connectivity index (χ2v) is 9.90. The van der Waals surface area contributed by atoms with E-state index in [9.17, 15) is 0 Å². The van der Waals surface area contributed by atoms with Crippen LogP contribution in [0.3, 0.4) is 0 Å². The lowest BCUT2D eigenvalue weighted by Gasteiger charge is -2.25. The van der Waals surface area contributed by atoms with E-state index < -0.39 is 0 Å². The monoisotopic (exact) mass is 451 g/mol. The fourth-order valence-corrected chi connectivity index (χ4v) is 5.02. The molecule has 4 rings (SSSR count). The van der Waals surface area contributed by atoms with Gasteiger partial charge < -0.3 is 5.43 Å². The average Bonchev–Trinajstić information content (AvgIpc) is 3.13. The van der Waals surface area contributed by atoms with Gasteiger partial charge in [-0.3, -0.25) is 0 Å². The van der Waals surface area contributed by atoms with Gasteiger partial charge in [0.25, 0.3) is 0 Å². The highest BCUT2D eigenvalue weighted by Gasteiger charge is 2.33. The predicted octanol–water partition coefficient (Wildman–Crippen LogP) is 7.11. The molecule has 0 unspecified atom stereocenters. The molecule has 0 aliphatic carbocycles. The van der Waals surface area contributed by atoms with E-state index in [2.05, 4.69) is 120 Å². The number of benzene rings is 3. The van der Waals surface area contributed by atoms with Crippen LogP contribution in [0.25, 0.3) is 5.43 Å². The van der Waals surface area contributed by atoms with Crippen molar-refractivity contribution >= 4 is 12.6 Å². The SMILES string of the molecule is C=[N+]1[N-][C-](c2ccccc2C)[N+](CCc2c(C(C)C)cccc2C(C)C)=C1c1ccccc1C. The molecular formula is C31H37N3. The average molecular weight is 452 g/mol. The van der Waals surface area contributed by atoms with Crippen LogP contribution in [0.5, 0.6) is 0 Å². The van der Waals surface area contributed by atoms with Crippen LogP contribution >= 0.6 is 0 Å². The minimum absolute atomic E-state index is 0.487. The maximum atomic E-state index is 4.96. The molecule has 0 bridgehead atoms. The summed E-state index contributed by atoms with van der Waals surface area (Å²) in [7, 11) is 0. The maximum Gasteiger partial charge on any atom is 0.376 e. The molecule has 176 valence electrons. The van der Waals surface area contributed by atoms with Gasteiger partial charge in [-0.2, -0.15) is 0 Å². The smallest absolute Gasteiger partial charge is 0.376 e. The summed E-state index contributed by atoms with van der Waals surface area (Å²) in [5, 5.41) is 0. The molecule has 0 atom stereocenters. The van der Waals surface area contributed by atoms with Crippen LogP contribution in [0.4, 0.5) is 0 Å². The van der Waals surface area contributed by atoms with Crippen LogP contribution in [0.1, 0.15) is 78.5 Å². The molecule has 0 amide bonds. The Kier molecular flexibility index (Phi) is 6.92. The van der Waals surface area contributed by atoms with E-state index >= 15 is 0 Å². The summed E-state index contributed by atoms with van der Waals surface area (Å²) in [4.78, 5) is 0. The molecule has 3 heteroatoms. The van der Waals surface area contributed by atoms with E-state index in [1.165, 1.54) is 33.4 Å². The van der Waals surface area contributed by atoms with Gasteiger partial charge in [0.1, 0.15) is 13.3 Å². The van der Waals surface area contributed by atoms with E-state index in [1.807, 2.05) is 4.68 Å². The Bertz CT molecular complexity index is 1210. The molecule has 0 saturated heterocycles. The van der Waals surface area contributed by atoms with Crippen LogP contribution in [0.2, 0.25) is 0 Å². The first kappa shape index (κ1) is 23.8. The van der Waals surface area contributed by atoms with Crippen molar-refractivity contribution in [1.29, 1.82) is 0 Å². The third-order valence-electron chi connectivity index (χ3n) is 6.82. The number of aryl methyl sites for hydroxylation is 2. The van der Waals surface area contributed by atoms with E-state index in [4.69, 9.17) is 5.43 Å². The molecule has 3 nitrogen and oxygen atoms in total. The molecule has 0 spiro atoms. The topological polar surface area (TPSA) is 20.1 Å². The predicted molar refractivity (Wildman–Crippen MR) is 143 cm³/mol. The van der Waals surface area contributed by atoms with Crippen molar-refractivity contribution in [3.8, 4) is 0 Å². The van der Waals surface area contributed by atoms with Crippen LogP contribution in [-0.4, -0.2) is 28.4 Å². The molecule has 1 aliphatic rings. The minimum atomic E-state index is 0.487. The summed E-state index contributed by atoms with van der Waals surface area (Å²) < 4.78 is 4.18. The Labute approximate surface area is 205 Å². The van der Waals surface area contributed by atoms with Crippen molar-refractivity contribution in [2.24, 2.45) is 0 Å². The fourth-order valence-electron chi connectivity index (χ4n) is 5.02. The maximum absolute atomic E-state index is 4.96. The molecular weight excluding hydrogens is 414 g/mol. The lowest BCUT2D eigenvalue weighted by molar-refractivity contribution is -0.506. The zero-order chi connectivity index (χ0) is 24.4. The zero-order valence-corrected chi connectivity index (χ0v) is 21.5. The second-order valence-electron chi connectivity index (χ2n) is 9.90. The van der Waals surface area contributed by atoms with Crippen LogP contribution in [-0.2, 0) is 6.42 Å². The van der Waals surface area contributed by atoms with Crippen molar-refractivity contribution in [2.75, 3.05) is 6.54 Å². The molecule has 1 heterocycles. The largest absolute Gasteiger partial charge is 0.395 e. The van der Waals surface area contributed by atoms with Gasteiger partial charge in [-0.1, -0.05) is 88.7 Å². The molecule has 1 aliphatic heterocycles. The summed E-state index contributed by atoms with van der Waals surface area (Å²) in [6.07, 6.45) is 1.93. The highest BCUT2D eigenvalue weighted by atomic mass is 15.6. The van der Waals surface area contributed by atoms with Gasteiger partial charge in [0.15, 0.2) is 0 Å². The summed E-state index contributed by atoms with van der Waals surface area (Å²) in [6.45, 7) is 18.6. The normalized spacial score (nSPS) is 13.9. The Morgan fingerprint density at radius 1 is 0.794 bits per heavy atom. The minimum Gasteiger partial charge on any atom is -0.395 e. The molecule has 3 aromatic rings. The Hall–Kier alpha value is -3.33. The highest BCUT2D eigenvalue weighted by Crippen LogP contribution is 2.34. The number of amidine groups is 1. The second kappa shape index (κ2) is 9.89. The third-order valence-corrected chi connectivity index (χ3v) is 6.82. The van der Waals surface area contributed by atoms with Crippen molar-refractivity contribution in [3.05, 3.63) is 117 Å². The van der Waals surface area contributed by atoms with Gasteiger partial charge in [0, 0.05) is 6.42 Å². The lowest BCUT2D eigenvalue weighted by atomic mass is 9.87. The van der Waals surface area contributed by atoms with Crippen LogP contribution in [0, 0.1) is 20.0 Å². The van der Waals surface area contributed by atoms with Crippen molar-refractivity contribution in [1.82, 2.24) is 0 Å². The van der Waals surface area contributed by atoms with Gasteiger partial charge >= 0.3 is 5.84 Å². The first-order valence-electron chi connectivity index (χ1n) is 12.4. The standard InChI is InChI=1S/C31H37N3/c1-21(2)25-17-12-18-26(22(3)4)29(25)19-20-34-30(27-15-10-8-13-23(27)5)32-33(7)31(34)28-16-11-9-14-24(28)6/h8-18,21-22H,7,19-20H2,1-6H3. The summed E-state index contributed by atoms with van der Waals surface area (Å²) in [5.74, 6) is 2.02. The van der Waals surface area contributed by atoms with Crippen molar-refractivity contribution in [2.45, 2.75) is 59.8 Å². The first-order chi connectivity index (χ1) is 16.3. The molecule has 0 fully saturated rings. The number of rotatable bonds is 7. The molecule has 0 aromatic heterocycles. The number of nitrogens with zero attached hydrogens (tertiary/aromatic N) is 3. The van der Waals surface area contributed by atoms with Crippen molar-refractivity contribution in [3.63, 3.8) is 0 Å². The van der Waals surface area contributed by atoms with E-state index in [1.54, 1.807) is 0 Å². The Morgan fingerprint density at radius 2 is 1.38 bits per heavy atom. The van der Waals surface area contributed by atoms with Crippen LogP contribution < -0.4 is 0 Å². The summed E-state index contributed by atoms with van der Waals surface area (Å²) in [5.41, 5.74) is 14.1. The van der Waals surface area contributed by atoms with Gasteiger partial charge in [-0.15, -0.1) is 23.8 Å². The Morgan fingerprint density at radius 3 is 1.97 bits per heavy atom. The van der Waals surface area contributed by atoms with Crippen LogP contribution in [0.15, 0.2) is 66.7 Å². The molecule has 0 saturated carbocycles. The van der Waals surface area contributed by atoms with Crippen molar-refractivity contribution < 1.29 is 9.26 Å². The zero-order valence-electron chi connectivity index (χ0n) is 21.5. The quantitative estimate of drug-likeness (QED) is 0.270. The third kappa shape index (κ3) is 4.52.